The van der Waals surface area contributed by atoms with Crippen molar-refractivity contribution in [2.75, 3.05) is 31.1 Å². The number of piperazine rings is 1. The van der Waals surface area contributed by atoms with E-state index in [1.54, 1.807) is 18.2 Å². The number of phenolic OH excluding ortho intramolecular Hbond substituents is 1. The lowest BCUT2D eigenvalue weighted by Gasteiger charge is -2.35. The molecular formula is C19H19ClN4O2. The second-order valence-electron chi connectivity index (χ2n) is 6.26. The Morgan fingerprint density at radius 2 is 1.69 bits per heavy atom. The maximum absolute atomic E-state index is 10.00. The summed E-state index contributed by atoms with van der Waals surface area (Å²) in [5, 5.41) is 19.0. The first-order valence-electron chi connectivity index (χ1n) is 8.53. The van der Waals surface area contributed by atoms with Gasteiger partial charge in [0.15, 0.2) is 0 Å². The largest absolute Gasteiger partial charge is 0.506 e. The molecular weight excluding hydrogens is 352 g/mol. The fourth-order valence-corrected chi connectivity index (χ4v) is 3.22. The Bertz CT molecular complexity index is 873. The number of hydrogen-bond acceptors (Lipinski definition) is 6. The van der Waals surface area contributed by atoms with E-state index in [-0.39, 0.29) is 0 Å². The number of anilines is 1. The van der Waals surface area contributed by atoms with Crippen molar-refractivity contribution in [1.82, 2.24) is 15.1 Å². The third kappa shape index (κ3) is 3.66. The van der Waals surface area contributed by atoms with E-state index in [9.17, 15) is 5.11 Å². The summed E-state index contributed by atoms with van der Waals surface area (Å²) in [7, 11) is 0. The molecule has 1 aromatic heterocycles. The molecule has 134 valence electrons. The van der Waals surface area contributed by atoms with Crippen LogP contribution < -0.4 is 4.90 Å². The van der Waals surface area contributed by atoms with Crippen molar-refractivity contribution in [2.45, 2.75) is 6.54 Å². The zero-order chi connectivity index (χ0) is 17.9. The summed E-state index contributed by atoms with van der Waals surface area (Å²) in [5.41, 5.74) is 1.74. The minimum Gasteiger partial charge on any atom is -0.506 e. The predicted molar refractivity (Wildman–Crippen MR) is 100 cm³/mol. The van der Waals surface area contributed by atoms with Gasteiger partial charge in [0.25, 0.3) is 0 Å². The van der Waals surface area contributed by atoms with Gasteiger partial charge >= 0.3 is 0 Å². The first kappa shape index (κ1) is 16.9. The molecule has 0 aliphatic carbocycles. The number of halogens is 1. The van der Waals surface area contributed by atoms with Gasteiger partial charge in [-0.25, -0.2) is 0 Å². The third-order valence-corrected chi connectivity index (χ3v) is 4.76. The smallest absolute Gasteiger partial charge is 0.247 e. The van der Waals surface area contributed by atoms with Crippen LogP contribution in [0.2, 0.25) is 5.02 Å². The molecule has 1 N–H and O–H groups in total. The average molecular weight is 371 g/mol. The fraction of sp³-hybridized carbons (Fsp3) is 0.263. The summed E-state index contributed by atoms with van der Waals surface area (Å²) in [6, 6.07) is 14.8. The van der Waals surface area contributed by atoms with Gasteiger partial charge in [-0.1, -0.05) is 23.7 Å². The molecule has 1 aliphatic rings. The van der Waals surface area contributed by atoms with Crippen molar-refractivity contribution >= 4 is 17.3 Å². The van der Waals surface area contributed by atoms with E-state index >= 15 is 0 Å². The molecule has 1 aliphatic heterocycles. The SMILES string of the molecule is Oc1ccccc1N1CCN(Cc2nnc(-c3ccc(Cl)cc3)o2)CC1. The lowest BCUT2D eigenvalue weighted by atomic mass is 10.2. The highest BCUT2D eigenvalue weighted by Gasteiger charge is 2.21. The van der Waals surface area contributed by atoms with Crippen LogP contribution in [-0.2, 0) is 6.54 Å². The normalized spacial score (nSPS) is 15.3. The molecule has 0 radical (unpaired) electrons. The van der Waals surface area contributed by atoms with Crippen molar-refractivity contribution < 1.29 is 9.52 Å². The summed E-state index contributed by atoms with van der Waals surface area (Å²) in [4.78, 5) is 4.47. The van der Waals surface area contributed by atoms with Gasteiger partial charge in [0.2, 0.25) is 11.8 Å². The van der Waals surface area contributed by atoms with Gasteiger partial charge in [0.1, 0.15) is 5.75 Å². The molecule has 0 saturated carbocycles. The monoisotopic (exact) mass is 370 g/mol. The molecule has 4 rings (SSSR count). The van der Waals surface area contributed by atoms with Crippen LogP contribution in [0.3, 0.4) is 0 Å². The van der Waals surface area contributed by atoms with Crippen molar-refractivity contribution in [2.24, 2.45) is 0 Å². The third-order valence-electron chi connectivity index (χ3n) is 4.51. The van der Waals surface area contributed by atoms with E-state index < -0.39 is 0 Å². The molecule has 2 aromatic carbocycles. The highest BCUT2D eigenvalue weighted by Crippen LogP contribution is 2.27. The number of para-hydroxylation sites is 2. The molecule has 1 fully saturated rings. The van der Waals surface area contributed by atoms with Crippen LogP contribution in [0, 0.1) is 0 Å². The molecule has 0 bridgehead atoms. The molecule has 2 heterocycles. The standard InChI is InChI=1S/C19H19ClN4O2/c20-15-7-5-14(6-8-15)19-22-21-18(26-19)13-23-9-11-24(12-10-23)16-3-1-2-4-17(16)25/h1-8,25H,9-13H2. The minimum absolute atomic E-state index is 0.324. The van der Waals surface area contributed by atoms with Gasteiger partial charge in [-0.15, -0.1) is 10.2 Å². The van der Waals surface area contributed by atoms with Crippen LogP contribution in [0.25, 0.3) is 11.5 Å². The Labute approximate surface area is 156 Å². The number of hydrogen-bond donors (Lipinski definition) is 1. The van der Waals surface area contributed by atoms with Gasteiger partial charge in [0, 0.05) is 36.8 Å². The maximum Gasteiger partial charge on any atom is 0.247 e. The van der Waals surface area contributed by atoms with E-state index in [1.807, 2.05) is 30.3 Å². The summed E-state index contributed by atoms with van der Waals surface area (Å²) in [6.07, 6.45) is 0. The van der Waals surface area contributed by atoms with Crippen LogP contribution in [0.4, 0.5) is 5.69 Å². The van der Waals surface area contributed by atoms with Crippen LogP contribution in [-0.4, -0.2) is 46.4 Å². The van der Waals surface area contributed by atoms with Gasteiger partial charge in [0.05, 0.1) is 12.2 Å². The number of rotatable bonds is 4. The van der Waals surface area contributed by atoms with Gasteiger partial charge in [-0.05, 0) is 36.4 Å². The lowest BCUT2D eigenvalue weighted by Crippen LogP contribution is -2.46. The highest BCUT2D eigenvalue weighted by atomic mass is 35.5. The van der Waals surface area contributed by atoms with E-state index in [4.69, 9.17) is 16.0 Å². The number of aromatic nitrogens is 2. The lowest BCUT2D eigenvalue weighted by molar-refractivity contribution is 0.226. The van der Waals surface area contributed by atoms with E-state index in [0.29, 0.717) is 29.1 Å². The quantitative estimate of drug-likeness (QED) is 0.759. The molecule has 0 amide bonds. The van der Waals surface area contributed by atoms with E-state index in [1.165, 1.54) is 0 Å². The summed E-state index contributed by atoms with van der Waals surface area (Å²) < 4.78 is 5.78. The molecule has 26 heavy (non-hydrogen) atoms. The Morgan fingerprint density at radius 3 is 2.42 bits per heavy atom. The second-order valence-corrected chi connectivity index (χ2v) is 6.70. The van der Waals surface area contributed by atoms with Crippen molar-refractivity contribution in [3.8, 4) is 17.2 Å². The molecule has 3 aromatic rings. The summed E-state index contributed by atoms with van der Waals surface area (Å²) in [5.74, 6) is 1.43. The molecule has 0 spiro atoms. The van der Waals surface area contributed by atoms with E-state index in [0.717, 1.165) is 37.4 Å². The van der Waals surface area contributed by atoms with Crippen LogP contribution in [0.5, 0.6) is 5.75 Å². The highest BCUT2D eigenvalue weighted by molar-refractivity contribution is 6.30. The maximum atomic E-state index is 10.00. The first-order valence-corrected chi connectivity index (χ1v) is 8.90. The van der Waals surface area contributed by atoms with Gasteiger partial charge in [-0.3, -0.25) is 4.90 Å². The topological polar surface area (TPSA) is 65.6 Å². The Morgan fingerprint density at radius 1 is 0.962 bits per heavy atom. The Balaban J connectivity index is 1.36. The van der Waals surface area contributed by atoms with Crippen LogP contribution in [0.1, 0.15) is 5.89 Å². The van der Waals surface area contributed by atoms with Gasteiger partial charge < -0.3 is 14.4 Å². The summed E-state index contributed by atoms with van der Waals surface area (Å²) >= 11 is 5.91. The molecule has 6 nitrogen and oxygen atoms in total. The van der Waals surface area contributed by atoms with Crippen LogP contribution in [0.15, 0.2) is 52.9 Å². The summed E-state index contributed by atoms with van der Waals surface area (Å²) in [6.45, 7) is 4.04. The fourth-order valence-electron chi connectivity index (χ4n) is 3.10. The zero-order valence-corrected chi connectivity index (χ0v) is 14.9. The second kappa shape index (κ2) is 7.35. The zero-order valence-electron chi connectivity index (χ0n) is 14.2. The van der Waals surface area contributed by atoms with Crippen LogP contribution >= 0.6 is 11.6 Å². The predicted octanol–water partition coefficient (Wildman–Crippen LogP) is 3.42. The molecule has 7 heteroatoms. The minimum atomic E-state index is 0.324. The van der Waals surface area contributed by atoms with Crippen molar-refractivity contribution in [1.29, 1.82) is 0 Å². The molecule has 0 unspecified atom stereocenters. The number of benzene rings is 2. The number of aromatic hydroxyl groups is 1. The van der Waals surface area contributed by atoms with Crippen molar-refractivity contribution in [3.63, 3.8) is 0 Å². The molecule has 0 atom stereocenters. The number of nitrogens with zero attached hydrogens (tertiary/aromatic N) is 4. The Kier molecular flexibility index (Phi) is 4.77. The molecule has 1 saturated heterocycles. The number of phenols is 1. The van der Waals surface area contributed by atoms with E-state index in [2.05, 4.69) is 20.0 Å². The van der Waals surface area contributed by atoms with Crippen molar-refractivity contribution in [3.05, 3.63) is 59.4 Å². The average Bonchev–Trinajstić information content (AvgIpc) is 3.12. The van der Waals surface area contributed by atoms with Gasteiger partial charge in [-0.2, -0.15) is 0 Å². The first-order chi connectivity index (χ1) is 12.7. The Hall–Kier alpha value is -2.57.